The van der Waals surface area contributed by atoms with Crippen LogP contribution in [0.25, 0.3) is 0 Å². The molecule has 13 heavy (non-hydrogen) atoms. The van der Waals surface area contributed by atoms with Gasteiger partial charge in [0.2, 0.25) is 0 Å². The Morgan fingerprint density at radius 1 is 1.31 bits per heavy atom. The predicted octanol–water partition coefficient (Wildman–Crippen LogP) is 2.36. The van der Waals surface area contributed by atoms with E-state index in [0.717, 1.165) is 5.56 Å². The summed E-state index contributed by atoms with van der Waals surface area (Å²) < 4.78 is 33.9. The van der Waals surface area contributed by atoms with Gasteiger partial charge in [-0.05, 0) is 25.0 Å². The molecule has 0 radical (unpaired) electrons. The predicted molar refractivity (Wildman–Crippen MR) is 49.6 cm³/mol. The molecule has 0 saturated heterocycles. The van der Waals surface area contributed by atoms with Crippen molar-refractivity contribution in [2.24, 2.45) is 0 Å². The van der Waals surface area contributed by atoms with E-state index in [4.69, 9.17) is 0 Å². The van der Waals surface area contributed by atoms with Crippen molar-refractivity contribution in [3.8, 4) is 0 Å². The Morgan fingerprint density at radius 3 is 2.31 bits per heavy atom. The molecule has 2 nitrogen and oxygen atoms in total. The number of halogens is 1. The number of rotatable bonds is 2. The van der Waals surface area contributed by atoms with Crippen molar-refractivity contribution in [2.45, 2.75) is 19.1 Å². The molecule has 0 heterocycles. The fourth-order valence-electron chi connectivity index (χ4n) is 1.19. The third kappa shape index (κ3) is 2.28. The van der Waals surface area contributed by atoms with Crippen molar-refractivity contribution in [1.82, 2.24) is 0 Å². The van der Waals surface area contributed by atoms with Crippen LogP contribution in [-0.2, 0) is 10.2 Å². The van der Waals surface area contributed by atoms with Crippen LogP contribution in [0, 0.1) is 6.92 Å². The molecule has 1 atom stereocenters. The van der Waals surface area contributed by atoms with Crippen LogP contribution in [0.3, 0.4) is 0 Å². The van der Waals surface area contributed by atoms with Gasteiger partial charge in [-0.2, -0.15) is 8.42 Å². The molecular formula is C9H11FO2S. The number of aryl methyl sites for hydroxylation is 1. The van der Waals surface area contributed by atoms with Gasteiger partial charge in [-0.1, -0.05) is 24.3 Å². The van der Waals surface area contributed by atoms with E-state index in [1.165, 1.54) is 6.92 Å². The van der Waals surface area contributed by atoms with Gasteiger partial charge in [0, 0.05) is 0 Å². The largest absolute Gasteiger partial charge is 0.309 e. The smallest absolute Gasteiger partial charge is 0.194 e. The minimum Gasteiger partial charge on any atom is -0.194 e. The van der Waals surface area contributed by atoms with Crippen molar-refractivity contribution in [3.63, 3.8) is 0 Å². The summed E-state index contributed by atoms with van der Waals surface area (Å²) in [5.74, 6) is 0. The molecule has 4 heteroatoms. The molecule has 1 rings (SSSR count). The third-order valence-electron chi connectivity index (χ3n) is 2.05. The Hall–Kier alpha value is -0.900. The lowest BCUT2D eigenvalue weighted by Crippen LogP contribution is -2.05. The summed E-state index contributed by atoms with van der Waals surface area (Å²) in [5.41, 5.74) is 1.31. The van der Waals surface area contributed by atoms with Gasteiger partial charge in [0.1, 0.15) is 5.25 Å². The molecule has 0 spiro atoms. The van der Waals surface area contributed by atoms with Crippen molar-refractivity contribution < 1.29 is 12.3 Å². The summed E-state index contributed by atoms with van der Waals surface area (Å²) in [4.78, 5) is 0. The van der Waals surface area contributed by atoms with Gasteiger partial charge >= 0.3 is 10.2 Å². The molecule has 1 unspecified atom stereocenters. The minimum atomic E-state index is -4.48. The number of hydrogen-bond donors (Lipinski definition) is 0. The van der Waals surface area contributed by atoms with Gasteiger partial charge in [-0.15, -0.1) is 3.89 Å². The zero-order valence-corrected chi connectivity index (χ0v) is 8.31. The highest BCUT2D eigenvalue weighted by Gasteiger charge is 2.22. The summed E-state index contributed by atoms with van der Waals surface area (Å²) in [6.07, 6.45) is 0. The first-order valence-electron chi connectivity index (χ1n) is 3.92. The van der Waals surface area contributed by atoms with Gasteiger partial charge in [0.05, 0.1) is 0 Å². The van der Waals surface area contributed by atoms with E-state index in [0.29, 0.717) is 5.56 Å². The van der Waals surface area contributed by atoms with Gasteiger partial charge in [-0.25, -0.2) is 0 Å². The number of hydrogen-bond acceptors (Lipinski definition) is 2. The summed E-state index contributed by atoms with van der Waals surface area (Å²) in [6.45, 7) is 3.11. The van der Waals surface area contributed by atoms with Gasteiger partial charge < -0.3 is 0 Å². The highest BCUT2D eigenvalue weighted by atomic mass is 32.3. The van der Waals surface area contributed by atoms with Crippen LogP contribution >= 0.6 is 0 Å². The van der Waals surface area contributed by atoms with Crippen molar-refractivity contribution in [3.05, 3.63) is 35.4 Å². The van der Waals surface area contributed by atoms with E-state index in [-0.39, 0.29) is 0 Å². The molecule has 72 valence electrons. The van der Waals surface area contributed by atoms with Crippen molar-refractivity contribution in [1.29, 1.82) is 0 Å². The van der Waals surface area contributed by atoms with Crippen LogP contribution in [0.4, 0.5) is 3.89 Å². The molecule has 0 N–H and O–H groups in total. The lowest BCUT2D eigenvalue weighted by atomic mass is 10.1. The zero-order valence-electron chi connectivity index (χ0n) is 7.49. The van der Waals surface area contributed by atoms with E-state index in [9.17, 15) is 12.3 Å². The highest BCUT2D eigenvalue weighted by molar-refractivity contribution is 7.86. The van der Waals surface area contributed by atoms with Crippen molar-refractivity contribution >= 4 is 10.2 Å². The second-order valence-electron chi connectivity index (χ2n) is 2.97. The molecule has 0 saturated carbocycles. The maximum absolute atomic E-state index is 12.6. The second-order valence-corrected chi connectivity index (χ2v) is 4.63. The Bertz CT molecular complexity index is 398. The minimum absolute atomic E-state index is 0.519. The van der Waals surface area contributed by atoms with Crippen LogP contribution in [-0.4, -0.2) is 8.42 Å². The van der Waals surface area contributed by atoms with E-state index in [1.54, 1.807) is 31.2 Å². The normalized spacial score (nSPS) is 14.1. The van der Waals surface area contributed by atoms with Crippen LogP contribution in [0.5, 0.6) is 0 Å². The quantitative estimate of drug-likeness (QED) is 0.690. The van der Waals surface area contributed by atoms with E-state index in [1.807, 2.05) is 0 Å². The van der Waals surface area contributed by atoms with Crippen LogP contribution in [0.2, 0.25) is 0 Å². The monoisotopic (exact) mass is 202 g/mol. The Kier molecular flexibility index (Phi) is 2.71. The maximum atomic E-state index is 12.6. The van der Waals surface area contributed by atoms with Gasteiger partial charge in [0.15, 0.2) is 0 Å². The molecule has 1 aromatic rings. The fraction of sp³-hybridized carbons (Fsp3) is 0.333. The second kappa shape index (κ2) is 3.46. The maximum Gasteiger partial charge on any atom is 0.309 e. The summed E-state index contributed by atoms with van der Waals surface area (Å²) >= 11 is 0. The van der Waals surface area contributed by atoms with E-state index < -0.39 is 15.5 Å². The fourth-order valence-corrected chi connectivity index (χ4v) is 1.76. The number of benzene rings is 1. The third-order valence-corrected chi connectivity index (χ3v) is 3.15. The molecule has 0 aromatic heterocycles. The molecule has 0 aliphatic heterocycles. The molecule has 0 aliphatic carbocycles. The summed E-state index contributed by atoms with van der Waals surface area (Å²) in [5, 5.41) is -1.08. The van der Waals surface area contributed by atoms with E-state index >= 15 is 0 Å². The van der Waals surface area contributed by atoms with Crippen molar-refractivity contribution in [2.75, 3.05) is 0 Å². The lowest BCUT2D eigenvalue weighted by molar-refractivity contribution is 0.540. The van der Waals surface area contributed by atoms with Crippen LogP contribution < -0.4 is 0 Å². The molecule has 0 amide bonds. The highest BCUT2D eigenvalue weighted by Crippen LogP contribution is 2.25. The topological polar surface area (TPSA) is 34.1 Å². The molecule has 0 aliphatic rings. The Balaban J connectivity index is 3.17. The average molecular weight is 202 g/mol. The Labute approximate surface area is 77.6 Å². The first-order chi connectivity index (χ1) is 5.93. The molecule has 0 fully saturated rings. The molecule has 0 bridgehead atoms. The van der Waals surface area contributed by atoms with Crippen LogP contribution in [0.1, 0.15) is 23.3 Å². The Morgan fingerprint density at radius 2 is 1.85 bits per heavy atom. The van der Waals surface area contributed by atoms with Crippen LogP contribution in [0.15, 0.2) is 24.3 Å². The summed E-state index contributed by atoms with van der Waals surface area (Å²) in [7, 11) is -4.48. The standard InChI is InChI=1S/C9H11FO2S/c1-7-5-3-4-6-9(7)8(2)13(10,11)12/h3-6,8H,1-2H3. The van der Waals surface area contributed by atoms with Gasteiger partial charge in [-0.3, -0.25) is 0 Å². The van der Waals surface area contributed by atoms with Gasteiger partial charge in [0.25, 0.3) is 0 Å². The summed E-state index contributed by atoms with van der Waals surface area (Å²) in [6, 6.07) is 6.87. The first-order valence-corrected chi connectivity index (χ1v) is 5.36. The lowest BCUT2D eigenvalue weighted by Gasteiger charge is -2.09. The molecule has 1 aromatic carbocycles. The molecular weight excluding hydrogens is 191 g/mol. The first kappa shape index (κ1) is 10.2. The SMILES string of the molecule is Cc1ccccc1C(C)S(=O)(=O)F. The average Bonchev–Trinajstić information content (AvgIpc) is 2.02. The van der Waals surface area contributed by atoms with E-state index in [2.05, 4.69) is 0 Å². The zero-order chi connectivity index (χ0) is 10.1.